The molecule has 1 saturated heterocycles. The molecule has 5 heteroatoms. The lowest BCUT2D eigenvalue weighted by Gasteiger charge is -2.55. The average molecular weight is 261 g/mol. The van der Waals surface area contributed by atoms with Crippen molar-refractivity contribution >= 4 is 0 Å². The molecule has 2 aromatic rings. The summed E-state index contributed by atoms with van der Waals surface area (Å²) in [6.45, 7) is 5.55. The van der Waals surface area contributed by atoms with Gasteiger partial charge in [-0.15, -0.1) is 0 Å². The highest BCUT2D eigenvalue weighted by Gasteiger charge is 2.56. The number of benzene rings is 1. The summed E-state index contributed by atoms with van der Waals surface area (Å²) in [5.74, 6) is -0.239. The van der Waals surface area contributed by atoms with Crippen LogP contribution in [0.15, 0.2) is 36.9 Å². The number of halogens is 1. The molecule has 4 nitrogen and oxygen atoms in total. The van der Waals surface area contributed by atoms with Crippen molar-refractivity contribution in [2.75, 3.05) is 6.61 Å². The van der Waals surface area contributed by atoms with Gasteiger partial charge in [0.25, 0.3) is 0 Å². The SMILES string of the molecule is CC1(C)COC1(Cn1cncn1)c1ccc(F)cc1. The van der Waals surface area contributed by atoms with Gasteiger partial charge in [0.2, 0.25) is 0 Å². The zero-order chi connectivity index (χ0) is 13.5. The van der Waals surface area contributed by atoms with Crippen LogP contribution in [-0.4, -0.2) is 21.4 Å². The van der Waals surface area contributed by atoms with Crippen molar-refractivity contribution in [3.63, 3.8) is 0 Å². The van der Waals surface area contributed by atoms with Crippen LogP contribution in [0.1, 0.15) is 19.4 Å². The van der Waals surface area contributed by atoms with Gasteiger partial charge in [-0.2, -0.15) is 5.10 Å². The minimum Gasteiger partial charge on any atom is -0.367 e. The van der Waals surface area contributed by atoms with E-state index in [4.69, 9.17) is 4.74 Å². The third kappa shape index (κ3) is 1.85. The molecule has 0 radical (unpaired) electrons. The van der Waals surface area contributed by atoms with Crippen molar-refractivity contribution in [1.29, 1.82) is 0 Å². The molecule has 1 fully saturated rings. The van der Waals surface area contributed by atoms with Crippen LogP contribution in [0.4, 0.5) is 4.39 Å². The van der Waals surface area contributed by atoms with Crippen LogP contribution < -0.4 is 0 Å². The Balaban J connectivity index is 2.00. The Labute approximate surface area is 111 Å². The average Bonchev–Trinajstić information content (AvgIpc) is 2.88. The van der Waals surface area contributed by atoms with E-state index in [9.17, 15) is 4.39 Å². The van der Waals surface area contributed by atoms with E-state index in [1.165, 1.54) is 18.5 Å². The van der Waals surface area contributed by atoms with Gasteiger partial charge in [0.05, 0.1) is 13.2 Å². The largest absolute Gasteiger partial charge is 0.367 e. The predicted octanol–water partition coefficient (Wildman–Crippen LogP) is 2.37. The molecule has 2 heterocycles. The zero-order valence-electron chi connectivity index (χ0n) is 11.0. The molecule has 1 unspecified atom stereocenters. The lowest BCUT2D eigenvalue weighted by molar-refractivity contribution is -0.269. The number of nitrogens with zero attached hydrogens (tertiary/aromatic N) is 3. The van der Waals surface area contributed by atoms with E-state index < -0.39 is 5.60 Å². The Hall–Kier alpha value is -1.75. The highest BCUT2D eigenvalue weighted by molar-refractivity contribution is 5.28. The van der Waals surface area contributed by atoms with Crippen LogP contribution in [0.5, 0.6) is 0 Å². The second kappa shape index (κ2) is 4.13. The molecular formula is C14H16FN3O. The van der Waals surface area contributed by atoms with Gasteiger partial charge in [-0.25, -0.2) is 14.1 Å². The number of aromatic nitrogens is 3. The Morgan fingerprint density at radius 2 is 2.05 bits per heavy atom. The van der Waals surface area contributed by atoms with Gasteiger partial charge >= 0.3 is 0 Å². The molecule has 0 amide bonds. The third-order valence-corrected chi connectivity index (χ3v) is 3.93. The highest BCUT2D eigenvalue weighted by atomic mass is 19.1. The van der Waals surface area contributed by atoms with E-state index in [1.807, 2.05) is 0 Å². The van der Waals surface area contributed by atoms with E-state index in [2.05, 4.69) is 23.9 Å². The fourth-order valence-electron chi connectivity index (χ4n) is 2.62. The molecule has 1 aliphatic rings. The molecule has 1 aromatic carbocycles. The summed E-state index contributed by atoms with van der Waals surface area (Å²) in [6.07, 6.45) is 3.17. The highest BCUT2D eigenvalue weighted by Crippen LogP contribution is 2.52. The van der Waals surface area contributed by atoms with Gasteiger partial charge in [-0.3, -0.25) is 0 Å². The molecule has 0 spiro atoms. The van der Waals surface area contributed by atoms with E-state index >= 15 is 0 Å². The van der Waals surface area contributed by atoms with Crippen molar-refractivity contribution in [3.05, 3.63) is 48.3 Å². The standard InChI is InChI=1S/C14H16FN3O/c1-13(2)8-19-14(13,7-18-10-16-9-17-18)11-3-5-12(15)6-4-11/h3-6,9-10H,7-8H2,1-2H3. The van der Waals surface area contributed by atoms with Crippen LogP contribution >= 0.6 is 0 Å². The first-order chi connectivity index (χ1) is 9.03. The number of ether oxygens (including phenoxy) is 1. The second-order valence-corrected chi connectivity index (χ2v) is 5.60. The Kier molecular flexibility index (Phi) is 2.67. The Morgan fingerprint density at radius 3 is 2.53 bits per heavy atom. The molecule has 19 heavy (non-hydrogen) atoms. The molecule has 1 atom stereocenters. The van der Waals surface area contributed by atoms with Crippen LogP contribution in [0, 0.1) is 11.2 Å². The number of hydrogen-bond donors (Lipinski definition) is 0. The first kappa shape index (κ1) is 12.3. The minimum atomic E-state index is -0.478. The van der Waals surface area contributed by atoms with Crippen molar-refractivity contribution in [1.82, 2.24) is 14.8 Å². The molecule has 100 valence electrons. The molecule has 0 bridgehead atoms. The first-order valence-corrected chi connectivity index (χ1v) is 6.26. The van der Waals surface area contributed by atoms with Gasteiger partial charge < -0.3 is 4.74 Å². The fraction of sp³-hybridized carbons (Fsp3) is 0.429. The number of hydrogen-bond acceptors (Lipinski definition) is 3. The topological polar surface area (TPSA) is 39.9 Å². The van der Waals surface area contributed by atoms with Gasteiger partial charge in [0, 0.05) is 5.41 Å². The normalized spacial score (nSPS) is 25.0. The van der Waals surface area contributed by atoms with Gasteiger partial charge in [-0.1, -0.05) is 26.0 Å². The van der Waals surface area contributed by atoms with E-state index in [-0.39, 0.29) is 11.2 Å². The van der Waals surface area contributed by atoms with Gasteiger partial charge in [-0.05, 0) is 17.7 Å². The summed E-state index contributed by atoms with van der Waals surface area (Å²) in [7, 11) is 0. The Morgan fingerprint density at radius 1 is 1.32 bits per heavy atom. The van der Waals surface area contributed by atoms with Crippen molar-refractivity contribution in [2.24, 2.45) is 5.41 Å². The van der Waals surface area contributed by atoms with Crippen LogP contribution in [0.25, 0.3) is 0 Å². The lowest BCUT2D eigenvalue weighted by atomic mass is 9.66. The van der Waals surface area contributed by atoms with Crippen molar-refractivity contribution < 1.29 is 9.13 Å². The van der Waals surface area contributed by atoms with Crippen LogP contribution in [0.3, 0.4) is 0 Å². The molecule has 0 aliphatic carbocycles. The third-order valence-electron chi connectivity index (χ3n) is 3.93. The fourth-order valence-corrected chi connectivity index (χ4v) is 2.62. The molecule has 1 aromatic heterocycles. The van der Waals surface area contributed by atoms with Gasteiger partial charge in [0.15, 0.2) is 0 Å². The molecule has 1 aliphatic heterocycles. The summed E-state index contributed by atoms with van der Waals surface area (Å²) in [4.78, 5) is 3.96. The van der Waals surface area contributed by atoms with E-state index in [0.29, 0.717) is 13.2 Å². The summed E-state index contributed by atoms with van der Waals surface area (Å²) >= 11 is 0. The minimum absolute atomic E-state index is 0.0310. The zero-order valence-corrected chi connectivity index (χ0v) is 11.0. The maximum atomic E-state index is 13.1. The second-order valence-electron chi connectivity index (χ2n) is 5.60. The summed E-state index contributed by atoms with van der Waals surface area (Å²) in [5.41, 5.74) is 0.464. The molecular weight excluding hydrogens is 245 g/mol. The number of rotatable bonds is 3. The van der Waals surface area contributed by atoms with Crippen LogP contribution in [0.2, 0.25) is 0 Å². The van der Waals surface area contributed by atoms with Gasteiger partial charge in [0.1, 0.15) is 24.1 Å². The smallest absolute Gasteiger partial charge is 0.137 e. The molecule has 0 N–H and O–H groups in total. The molecule has 3 rings (SSSR count). The predicted molar refractivity (Wildman–Crippen MR) is 67.8 cm³/mol. The summed E-state index contributed by atoms with van der Waals surface area (Å²) in [5, 5.41) is 4.14. The van der Waals surface area contributed by atoms with Crippen LogP contribution in [-0.2, 0) is 16.9 Å². The van der Waals surface area contributed by atoms with E-state index in [0.717, 1.165) is 5.56 Å². The summed E-state index contributed by atoms with van der Waals surface area (Å²) < 4.78 is 20.8. The van der Waals surface area contributed by atoms with Crippen molar-refractivity contribution in [3.8, 4) is 0 Å². The molecule has 0 saturated carbocycles. The maximum absolute atomic E-state index is 13.1. The maximum Gasteiger partial charge on any atom is 0.137 e. The van der Waals surface area contributed by atoms with Crippen molar-refractivity contribution in [2.45, 2.75) is 26.0 Å². The van der Waals surface area contributed by atoms with E-state index in [1.54, 1.807) is 23.1 Å². The lowest BCUT2D eigenvalue weighted by Crippen LogP contribution is -2.59. The summed E-state index contributed by atoms with van der Waals surface area (Å²) in [6, 6.07) is 6.51. The quantitative estimate of drug-likeness (QED) is 0.851. The first-order valence-electron chi connectivity index (χ1n) is 6.26. The monoisotopic (exact) mass is 261 g/mol. The Bertz CT molecular complexity index is 565.